The van der Waals surface area contributed by atoms with Crippen molar-refractivity contribution in [2.45, 2.75) is 35.2 Å². The Bertz CT molecular complexity index is 2250. The zero-order valence-electron chi connectivity index (χ0n) is 29.1. The molecule has 1 aromatic heterocycles. The number of halogens is 2. The van der Waals surface area contributed by atoms with E-state index in [2.05, 4.69) is 24.8 Å². The molecule has 1 amide bonds. The van der Waals surface area contributed by atoms with Crippen LogP contribution in [0.3, 0.4) is 0 Å². The number of thioether (sulfide) groups is 1. The number of aromatic nitrogens is 1. The van der Waals surface area contributed by atoms with E-state index in [1.54, 1.807) is 23.9 Å². The standard InChI is InChI=1S/C39H37ClN6O5S2.ClH/c40-31-10-6-27(7-11-31)35-16-17-41-24-30(35)25-44-19-20-45-32(26-44)12-8-28-22-29(9-15-37(28)45)39(47)43-53(50,51)34-13-14-36(38(23-34)46(48)49)42-18-21-52-33-4-2-1-3-5-33;/h1-7,9-11,13-17,22-24,32,42H,8,12,18-21,25-26H2,(H,43,47);1H/t32-;/m1./s1. The summed E-state index contributed by atoms with van der Waals surface area (Å²) < 4.78 is 28.7. The molecule has 5 aromatic rings. The minimum atomic E-state index is -4.40. The van der Waals surface area contributed by atoms with Crippen molar-refractivity contribution in [1.82, 2.24) is 14.6 Å². The van der Waals surface area contributed by atoms with Crippen molar-refractivity contribution in [2.75, 3.05) is 42.1 Å². The molecule has 280 valence electrons. The summed E-state index contributed by atoms with van der Waals surface area (Å²) in [4.78, 5) is 34.4. The monoisotopic (exact) mass is 804 g/mol. The van der Waals surface area contributed by atoms with Crippen LogP contribution in [0, 0.1) is 10.1 Å². The minimum Gasteiger partial charge on any atom is -0.379 e. The highest BCUT2D eigenvalue weighted by Gasteiger charge is 2.33. The highest BCUT2D eigenvalue weighted by Crippen LogP contribution is 2.35. The highest BCUT2D eigenvalue weighted by molar-refractivity contribution is 7.99. The van der Waals surface area contributed by atoms with Gasteiger partial charge in [0.15, 0.2) is 0 Å². The van der Waals surface area contributed by atoms with Gasteiger partial charge >= 0.3 is 0 Å². The number of rotatable bonds is 12. The van der Waals surface area contributed by atoms with Gasteiger partial charge in [-0.2, -0.15) is 0 Å². The van der Waals surface area contributed by atoms with Crippen molar-refractivity contribution >= 4 is 68.8 Å². The second-order valence-corrected chi connectivity index (χ2v) is 16.3. The molecule has 1 saturated heterocycles. The molecule has 7 rings (SSSR count). The number of aryl methyl sites for hydroxylation is 1. The number of carbonyl (C=O) groups is 1. The number of hydrogen-bond acceptors (Lipinski definition) is 10. The molecule has 11 nitrogen and oxygen atoms in total. The lowest BCUT2D eigenvalue weighted by Gasteiger charge is -2.46. The average molecular weight is 806 g/mol. The van der Waals surface area contributed by atoms with Crippen LogP contribution >= 0.6 is 35.8 Å². The third kappa shape index (κ3) is 8.99. The van der Waals surface area contributed by atoms with Crippen molar-refractivity contribution in [3.05, 3.63) is 141 Å². The van der Waals surface area contributed by atoms with E-state index in [-0.39, 0.29) is 28.6 Å². The van der Waals surface area contributed by atoms with Gasteiger partial charge in [-0.05, 0) is 95.8 Å². The SMILES string of the molecule is Cl.O=C(NS(=O)(=O)c1ccc(NCCSc2ccccc2)c([N+](=O)[O-])c1)c1ccc2c(c1)CC[C@@H]1CN(Cc3cnccc3-c3ccc(Cl)cc3)CCN21. The smallest absolute Gasteiger partial charge is 0.293 e. The Hall–Kier alpha value is -4.66. The molecule has 0 radical (unpaired) electrons. The Balaban J connectivity index is 0.00000497. The fourth-order valence-corrected chi connectivity index (χ4v) is 8.86. The predicted octanol–water partition coefficient (Wildman–Crippen LogP) is 7.69. The third-order valence-corrected chi connectivity index (χ3v) is 12.1. The second kappa shape index (κ2) is 17.2. The van der Waals surface area contributed by atoms with E-state index in [1.807, 2.05) is 79.1 Å². The number of nitrogens with zero attached hydrogens (tertiary/aromatic N) is 4. The van der Waals surface area contributed by atoms with Gasteiger partial charge in [0.2, 0.25) is 0 Å². The fourth-order valence-electron chi connectivity index (χ4n) is 6.95. The molecule has 54 heavy (non-hydrogen) atoms. The molecule has 0 unspecified atom stereocenters. The summed E-state index contributed by atoms with van der Waals surface area (Å²) in [5.41, 5.74) is 5.43. The molecule has 2 aliphatic rings. The van der Waals surface area contributed by atoms with Gasteiger partial charge in [0.25, 0.3) is 21.6 Å². The molecule has 3 heterocycles. The zero-order chi connectivity index (χ0) is 37.0. The normalized spacial score (nSPS) is 15.4. The number of piperazine rings is 1. The first-order chi connectivity index (χ1) is 25.6. The Kier molecular flexibility index (Phi) is 12.4. The molecule has 2 aliphatic heterocycles. The Labute approximate surface area is 329 Å². The maximum atomic E-state index is 13.3. The topological polar surface area (TPSA) is 138 Å². The van der Waals surface area contributed by atoms with E-state index in [1.165, 1.54) is 12.1 Å². The van der Waals surface area contributed by atoms with Gasteiger partial charge in [-0.15, -0.1) is 24.2 Å². The van der Waals surface area contributed by atoms with Gasteiger partial charge < -0.3 is 10.2 Å². The zero-order valence-corrected chi connectivity index (χ0v) is 32.3. The third-order valence-electron chi connectivity index (χ3n) is 9.55. The van der Waals surface area contributed by atoms with Gasteiger partial charge in [0, 0.05) is 84.1 Å². The van der Waals surface area contributed by atoms with E-state index >= 15 is 0 Å². The number of carbonyl (C=O) groups excluding carboxylic acids is 1. The number of anilines is 2. The fraction of sp³-hybridized carbons (Fsp3) is 0.231. The summed E-state index contributed by atoms with van der Waals surface area (Å²) in [6.45, 7) is 3.73. The van der Waals surface area contributed by atoms with Crippen LogP contribution in [0.25, 0.3) is 11.1 Å². The summed E-state index contributed by atoms with van der Waals surface area (Å²) >= 11 is 7.72. The quantitative estimate of drug-likeness (QED) is 0.0559. The van der Waals surface area contributed by atoms with E-state index in [4.69, 9.17) is 11.6 Å². The molecule has 15 heteroatoms. The predicted molar refractivity (Wildman–Crippen MR) is 217 cm³/mol. The molecule has 4 aromatic carbocycles. The van der Waals surface area contributed by atoms with Gasteiger partial charge in [-0.25, -0.2) is 13.1 Å². The van der Waals surface area contributed by atoms with E-state index in [9.17, 15) is 23.3 Å². The van der Waals surface area contributed by atoms with E-state index in [0.717, 1.165) is 77.9 Å². The van der Waals surface area contributed by atoms with Gasteiger partial charge in [-0.3, -0.25) is 24.8 Å². The van der Waals surface area contributed by atoms with Crippen LogP contribution in [0.2, 0.25) is 5.02 Å². The number of sulfonamides is 1. The summed E-state index contributed by atoms with van der Waals surface area (Å²) in [6, 6.07) is 28.8. The van der Waals surface area contributed by atoms with Crippen molar-refractivity contribution in [2.24, 2.45) is 0 Å². The van der Waals surface area contributed by atoms with Crippen molar-refractivity contribution in [3.8, 4) is 11.1 Å². The number of nitro benzene ring substituents is 1. The molecule has 0 bridgehead atoms. The van der Waals surface area contributed by atoms with Crippen LogP contribution in [0.5, 0.6) is 0 Å². The minimum absolute atomic E-state index is 0. The van der Waals surface area contributed by atoms with Crippen LogP contribution in [0.4, 0.5) is 17.1 Å². The van der Waals surface area contributed by atoms with Gasteiger partial charge in [-0.1, -0.05) is 41.9 Å². The summed E-state index contributed by atoms with van der Waals surface area (Å²) in [5, 5.41) is 15.6. The maximum Gasteiger partial charge on any atom is 0.293 e. The number of nitro groups is 1. The Morgan fingerprint density at radius 2 is 1.80 bits per heavy atom. The van der Waals surface area contributed by atoms with Crippen molar-refractivity contribution < 1.29 is 18.1 Å². The van der Waals surface area contributed by atoms with Crippen LogP contribution in [-0.4, -0.2) is 67.1 Å². The first kappa shape index (κ1) is 39.0. The molecule has 1 fully saturated rings. The molecular formula is C39H38Cl2N6O5S2. The van der Waals surface area contributed by atoms with Crippen molar-refractivity contribution in [1.29, 1.82) is 0 Å². The summed E-state index contributed by atoms with van der Waals surface area (Å²) in [7, 11) is -4.40. The van der Waals surface area contributed by atoms with E-state index in [0.29, 0.717) is 23.4 Å². The first-order valence-electron chi connectivity index (χ1n) is 17.2. The first-order valence-corrected chi connectivity index (χ1v) is 20.1. The molecule has 0 spiro atoms. The number of fused-ring (bicyclic) bond motifs is 3. The maximum absolute atomic E-state index is 13.3. The number of nitrogens with one attached hydrogen (secondary N) is 2. The lowest BCUT2D eigenvalue weighted by Crippen LogP contribution is -2.54. The number of pyridine rings is 1. The summed E-state index contributed by atoms with van der Waals surface area (Å²) in [5.74, 6) is -0.149. The second-order valence-electron chi connectivity index (χ2n) is 13.0. The van der Waals surface area contributed by atoms with Crippen LogP contribution in [-0.2, 0) is 23.0 Å². The molecule has 0 aliphatic carbocycles. The Morgan fingerprint density at radius 3 is 2.57 bits per heavy atom. The number of hydrogen-bond donors (Lipinski definition) is 2. The molecule has 2 N–H and O–H groups in total. The average Bonchev–Trinajstić information content (AvgIpc) is 3.17. The lowest BCUT2D eigenvalue weighted by atomic mass is 9.92. The summed E-state index contributed by atoms with van der Waals surface area (Å²) in [6.07, 6.45) is 5.37. The Morgan fingerprint density at radius 1 is 1.00 bits per heavy atom. The van der Waals surface area contributed by atoms with E-state index < -0.39 is 26.5 Å². The molecular weight excluding hydrogens is 768 g/mol. The highest BCUT2D eigenvalue weighted by atomic mass is 35.5. The van der Waals surface area contributed by atoms with Gasteiger partial charge in [0.05, 0.1) is 9.82 Å². The number of amides is 1. The van der Waals surface area contributed by atoms with Crippen LogP contribution in [0.15, 0.2) is 119 Å². The van der Waals surface area contributed by atoms with Crippen LogP contribution in [0.1, 0.15) is 27.9 Å². The lowest BCUT2D eigenvalue weighted by molar-refractivity contribution is -0.384. The van der Waals surface area contributed by atoms with Crippen molar-refractivity contribution in [3.63, 3.8) is 0 Å². The van der Waals surface area contributed by atoms with Gasteiger partial charge in [0.1, 0.15) is 5.69 Å². The number of benzene rings is 4. The molecule has 1 atom stereocenters. The van der Waals surface area contributed by atoms with Crippen LogP contribution < -0.4 is 14.9 Å². The largest absolute Gasteiger partial charge is 0.379 e. The molecule has 0 saturated carbocycles.